The van der Waals surface area contributed by atoms with Gasteiger partial charge in [-0.15, -0.1) is 0 Å². The fraction of sp³-hybridized carbons (Fsp3) is 0.333. The summed E-state index contributed by atoms with van der Waals surface area (Å²) in [5, 5.41) is 3.37. The van der Waals surface area contributed by atoms with Gasteiger partial charge in [-0.05, 0) is 55.2 Å². The Kier molecular flexibility index (Phi) is 5.65. The second-order valence-corrected chi connectivity index (χ2v) is 7.71. The molecule has 1 aliphatic rings. The Labute approximate surface area is 173 Å². The van der Waals surface area contributed by atoms with E-state index in [4.69, 9.17) is 4.98 Å². The molecule has 1 aromatic heterocycles. The van der Waals surface area contributed by atoms with E-state index in [2.05, 4.69) is 83.3 Å². The highest BCUT2D eigenvalue weighted by Gasteiger charge is 2.20. The number of benzene rings is 2. The zero-order chi connectivity index (χ0) is 20.2. The molecule has 0 radical (unpaired) electrons. The van der Waals surface area contributed by atoms with Gasteiger partial charge in [0, 0.05) is 44.6 Å². The van der Waals surface area contributed by atoms with Crippen LogP contribution in [0.15, 0.2) is 54.7 Å². The lowest BCUT2D eigenvalue weighted by molar-refractivity contribution is 0.645. The number of piperazine rings is 1. The lowest BCUT2D eigenvalue weighted by atomic mass is 10.1. The molecule has 3 aromatic rings. The first kappa shape index (κ1) is 19.2. The standard InChI is InChI=1S/C24H29N5/c1-18-8-6-10-22(20(18)3)28-13-15-29(16-14-28)23-11-12-25-24(27-23)26-17-21-9-5-4-7-19(21)2/h4-12H,13-17H2,1-3H3,(H,25,26,27). The van der Waals surface area contributed by atoms with Crippen LogP contribution in [0.25, 0.3) is 0 Å². The summed E-state index contributed by atoms with van der Waals surface area (Å²) >= 11 is 0. The molecular formula is C24H29N5. The number of nitrogens with zero attached hydrogens (tertiary/aromatic N) is 4. The van der Waals surface area contributed by atoms with Gasteiger partial charge in [0.2, 0.25) is 5.95 Å². The number of rotatable bonds is 5. The minimum absolute atomic E-state index is 0.683. The Balaban J connectivity index is 1.39. The first-order chi connectivity index (χ1) is 14.1. The van der Waals surface area contributed by atoms with Crippen LogP contribution in [0.4, 0.5) is 17.5 Å². The minimum atomic E-state index is 0.683. The molecule has 0 bridgehead atoms. The predicted octanol–water partition coefficient (Wildman–Crippen LogP) is 4.34. The third-order valence-electron chi connectivity index (χ3n) is 5.86. The molecule has 5 nitrogen and oxygen atoms in total. The largest absolute Gasteiger partial charge is 0.368 e. The van der Waals surface area contributed by atoms with Gasteiger partial charge in [-0.3, -0.25) is 0 Å². The molecule has 1 fully saturated rings. The number of aromatic nitrogens is 2. The summed E-state index contributed by atoms with van der Waals surface area (Å²) < 4.78 is 0. The summed E-state index contributed by atoms with van der Waals surface area (Å²) in [5.74, 6) is 1.68. The van der Waals surface area contributed by atoms with Gasteiger partial charge in [-0.1, -0.05) is 36.4 Å². The summed E-state index contributed by atoms with van der Waals surface area (Å²) in [5.41, 5.74) is 6.63. The van der Waals surface area contributed by atoms with Gasteiger partial charge < -0.3 is 15.1 Å². The number of anilines is 3. The molecule has 5 heteroatoms. The molecule has 0 aliphatic carbocycles. The highest BCUT2D eigenvalue weighted by atomic mass is 15.3. The van der Waals surface area contributed by atoms with Crippen molar-refractivity contribution in [1.82, 2.24) is 9.97 Å². The van der Waals surface area contributed by atoms with Crippen LogP contribution in [0, 0.1) is 20.8 Å². The molecule has 1 N–H and O–H groups in total. The number of nitrogens with one attached hydrogen (secondary N) is 1. The third kappa shape index (κ3) is 4.34. The van der Waals surface area contributed by atoms with Crippen molar-refractivity contribution in [3.05, 3.63) is 77.0 Å². The summed E-state index contributed by atoms with van der Waals surface area (Å²) in [4.78, 5) is 14.0. The third-order valence-corrected chi connectivity index (χ3v) is 5.86. The quantitative estimate of drug-likeness (QED) is 0.705. The minimum Gasteiger partial charge on any atom is -0.368 e. The normalized spacial score (nSPS) is 14.2. The van der Waals surface area contributed by atoms with Gasteiger partial charge >= 0.3 is 0 Å². The maximum atomic E-state index is 4.76. The number of hydrogen-bond donors (Lipinski definition) is 1. The molecule has 29 heavy (non-hydrogen) atoms. The zero-order valence-corrected chi connectivity index (χ0v) is 17.5. The van der Waals surface area contributed by atoms with E-state index >= 15 is 0 Å². The van der Waals surface area contributed by atoms with E-state index in [1.54, 1.807) is 0 Å². The summed E-state index contributed by atoms with van der Waals surface area (Å²) in [6.45, 7) is 11.2. The Morgan fingerprint density at radius 2 is 1.55 bits per heavy atom. The lowest BCUT2D eigenvalue weighted by Crippen LogP contribution is -2.47. The van der Waals surface area contributed by atoms with E-state index < -0.39 is 0 Å². The molecule has 1 aliphatic heterocycles. The fourth-order valence-corrected chi connectivity index (χ4v) is 3.85. The zero-order valence-electron chi connectivity index (χ0n) is 17.5. The molecule has 1 saturated heterocycles. The van der Waals surface area contributed by atoms with E-state index in [0.717, 1.165) is 38.5 Å². The topological polar surface area (TPSA) is 44.3 Å². The first-order valence-corrected chi connectivity index (χ1v) is 10.3. The molecule has 0 saturated carbocycles. The molecule has 0 amide bonds. The van der Waals surface area contributed by atoms with Crippen LogP contribution in [-0.4, -0.2) is 36.1 Å². The van der Waals surface area contributed by atoms with Gasteiger partial charge in [0.15, 0.2) is 0 Å². The fourth-order valence-electron chi connectivity index (χ4n) is 3.85. The summed E-state index contributed by atoms with van der Waals surface area (Å²) in [6, 6.07) is 17.0. The summed E-state index contributed by atoms with van der Waals surface area (Å²) in [7, 11) is 0. The van der Waals surface area contributed by atoms with Crippen molar-refractivity contribution in [2.45, 2.75) is 27.3 Å². The first-order valence-electron chi connectivity index (χ1n) is 10.3. The molecule has 4 rings (SSSR count). The van der Waals surface area contributed by atoms with Crippen LogP contribution in [0.5, 0.6) is 0 Å². The Morgan fingerprint density at radius 1 is 0.828 bits per heavy atom. The van der Waals surface area contributed by atoms with E-state index in [0.29, 0.717) is 5.95 Å². The maximum absolute atomic E-state index is 4.76. The van der Waals surface area contributed by atoms with Crippen molar-refractivity contribution in [1.29, 1.82) is 0 Å². The number of aryl methyl sites for hydroxylation is 2. The molecular weight excluding hydrogens is 358 g/mol. The highest BCUT2D eigenvalue weighted by molar-refractivity contribution is 5.57. The van der Waals surface area contributed by atoms with Crippen molar-refractivity contribution in [3.8, 4) is 0 Å². The van der Waals surface area contributed by atoms with Crippen molar-refractivity contribution < 1.29 is 0 Å². The molecule has 0 spiro atoms. The average molecular weight is 388 g/mol. The molecule has 0 atom stereocenters. The Bertz CT molecular complexity index is 977. The van der Waals surface area contributed by atoms with Crippen LogP contribution < -0.4 is 15.1 Å². The average Bonchev–Trinajstić information content (AvgIpc) is 2.75. The molecule has 2 heterocycles. The number of hydrogen-bond acceptors (Lipinski definition) is 5. The van der Waals surface area contributed by atoms with Crippen LogP contribution >= 0.6 is 0 Å². The van der Waals surface area contributed by atoms with Crippen molar-refractivity contribution in [3.63, 3.8) is 0 Å². The second-order valence-electron chi connectivity index (χ2n) is 7.71. The monoisotopic (exact) mass is 387 g/mol. The van der Waals surface area contributed by atoms with Crippen molar-refractivity contribution in [2.24, 2.45) is 0 Å². The van der Waals surface area contributed by atoms with Gasteiger partial charge in [-0.25, -0.2) is 4.98 Å². The molecule has 0 unspecified atom stereocenters. The SMILES string of the molecule is Cc1ccccc1CNc1nccc(N2CCN(c3cccc(C)c3C)CC2)n1. The second kappa shape index (κ2) is 8.52. The van der Waals surface area contributed by atoms with E-state index in [1.165, 1.54) is 27.9 Å². The molecule has 2 aromatic carbocycles. The van der Waals surface area contributed by atoms with E-state index in [1.807, 2.05) is 12.3 Å². The maximum Gasteiger partial charge on any atom is 0.224 e. The van der Waals surface area contributed by atoms with Crippen LogP contribution in [0.3, 0.4) is 0 Å². The van der Waals surface area contributed by atoms with E-state index in [9.17, 15) is 0 Å². The van der Waals surface area contributed by atoms with Gasteiger partial charge in [0.25, 0.3) is 0 Å². The Morgan fingerprint density at radius 3 is 2.34 bits per heavy atom. The summed E-state index contributed by atoms with van der Waals surface area (Å²) in [6.07, 6.45) is 1.85. The smallest absolute Gasteiger partial charge is 0.224 e. The van der Waals surface area contributed by atoms with Crippen LogP contribution in [0.2, 0.25) is 0 Å². The predicted molar refractivity (Wildman–Crippen MR) is 121 cm³/mol. The van der Waals surface area contributed by atoms with Gasteiger partial charge in [0.1, 0.15) is 5.82 Å². The van der Waals surface area contributed by atoms with Gasteiger partial charge in [-0.2, -0.15) is 4.98 Å². The Hall–Kier alpha value is -3.08. The van der Waals surface area contributed by atoms with Crippen LogP contribution in [-0.2, 0) is 6.54 Å². The van der Waals surface area contributed by atoms with Crippen molar-refractivity contribution in [2.75, 3.05) is 41.3 Å². The highest BCUT2D eigenvalue weighted by Crippen LogP contribution is 2.25. The van der Waals surface area contributed by atoms with E-state index in [-0.39, 0.29) is 0 Å². The lowest BCUT2D eigenvalue weighted by Gasteiger charge is -2.37. The van der Waals surface area contributed by atoms with Crippen molar-refractivity contribution >= 4 is 17.5 Å². The van der Waals surface area contributed by atoms with Gasteiger partial charge in [0.05, 0.1) is 0 Å². The van der Waals surface area contributed by atoms with Crippen LogP contribution in [0.1, 0.15) is 22.3 Å². The molecule has 150 valence electrons.